The number of aromatic hydroxyl groups is 1. The van der Waals surface area contributed by atoms with Crippen molar-refractivity contribution in [1.29, 1.82) is 0 Å². The zero-order chi connectivity index (χ0) is 14.2. The molecule has 1 saturated heterocycles. The lowest BCUT2D eigenvalue weighted by Crippen LogP contribution is -2.39. The molecule has 0 bridgehead atoms. The molecule has 2 rings (SSSR count). The average molecular weight is 274 g/mol. The summed E-state index contributed by atoms with van der Waals surface area (Å²) in [6.45, 7) is 3.12. The molecular formula is C12H13F3N2O2. The molecule has 2 unspecified atom stereocenters. The molecule has 19 heavy (non-hydrogen) atoms. The first-order valence-corrected chi connectivity index (χ1v) is 5.79. The molecule has 7 heteroatoms. The van der Waals surface area contributed by atoms with Crippen LogP contribution in [0, 0.1) is 23.4 Å². The molecule has 4 nitrogen and oxygen atoms in total. The van der Waals surface area contributed by atoms with Crippen LogP contribution >= 0.6 is 0 Å². The molecule has 104 valence electrons. The van der Waals surface area contributed by atoms with Crippen molar-refractivity contribution in [3.05, 3.63) is 29.1 Å². The number of amides is 1. The second kappa shape index (κ2) is 5.08. The average Bonchev–Trinajstić information content (AvgIpc) is 2.77. The highest BCUT2D eigenvalue weighted by Crippen LogP contribution is 2.26. The van der Waals surface area contributed by atoms with Crippen LogP contribution < -0.4 is 10.6 Å². The van der Waals surface area contributed by atoms with Crippen molar-refractivity contribution in [2.24, 2.45) is 5.92 Å². The van der Waals surface area contributed by atoms with Crippen LogP contribution in [0.25, 0.3) is 0 Å². The Bertz CT molecular complexity index is 522. The van der Waals surface area contributed by atoms with Crippen LogP contribution in [-0.4, -0.2) is 30.1 Å². The van der Waals surface area contributed by atoms with Crippen molar-refractivity contribution in [3.63, 3.8) is 0 Å². The molecule has 2 atom stereocenters. The summed E-state index contributed by atoms with van der Waals surface area (Å²) in [5.74, 6) is -6.86. The fraction of sp³-hybridized carbons (Fsp3) is 0.417. The van der Waals surface area contributed by atoms with E-state index in [9.17, 15) is 18.0 Å². The number of rotatable bonds is 2. The SMILES string of the molecule is CC1CNCC1NC(=O)c1cc(F)c(F)c(O)c1F. The van der Waals surface area contributed by atoms with E-state index in [4.69, 9.17) is 5.11 Å². The van der Waals surface area contributed by atoms with Gasteiger partial charge in [0.05, 0.1) is 5.56 Å². The largest absolute Gasteiger partial charge is 0.503 e. The third-order valence-electron chi connectivity index (χ3n) is 3.21. The van der Waals surface area contributed by atoms with Gasteiger partial charge in [0.15, 0.2) is 17.4 Å². The summed E-state index contributed by atoms with van der Waals surface area (Å²) in [4.78, 5) is 11.8. The van der Waals surface area contributed by atoms with Gasteiger partial charge in [-0.3, -0.25) is 4.79 Å². The van der Waals surface area contributed by atoms with Gasteiger partial charge in [-0.05, 0) is 18.5 Å². The number of halogens is 3. The van der Waals surface area contributed by atoms with Gasteiger partial charge in [0, 0.05) is 12.6 Å². The van der Waals surface area contributed by atoms with Crippen LogP contribution in [0.4, 0.5) is 13.2 Å². The van der Waals surface area contributed by atoms with Crippen molar-refractivity contribution < 1.29 is 23.1 Å². The molecule has 1 heterocycles. The molecule has 3 N–H and O–H groups in total. The number of phenols is 1. The van der Waals surface area contributed by atoms with E-state index in [1.54, 1.807) is 0 Å². The van der Waals surface area contributed by atoms with E-state index in [1.807, 2.05) is 6.92 Å². The van der Waals surface area contributed by atoms with Crippen molar-refractivity contribution in [1.82, 2.24) is 10.6 Å². The van der Waals surface area contributed by atoms with E-state index in [-0.39, 0.29) is 12.0 Å². The Hall–Kier alpha value is -1.76. The topological polar surface area (TPSA) is 61.4 Å². The van der Waals surface area contributed by atoms with Gasteiger partial charge in [0.25, 0.3) is 5.91 Å². The second-order valence-electron chi connectivity index (χ2n) is 4.60. The smallest absolute Gasteiger partial charge is 0.254 e. The lowest BCUT2D eigenvalue weighted by Gasteiger charge is -2.16. The highest BCUT2D eigenvalue weighted by molar-refractivity contribution is 5.95. The van der Waals surface area contributed by atoms with Crippen molar-refractivity contribution in [2.75, 3.05) is 13.1 Å². The van der Waals surface area contributed by atoms with Gasteiger partial charge in [-0.25, -0.2) is 8.78 Å². The number of phenolic OH excluding ortho intramolecular Hbond substituents is 1. The van der Waals surface area contributed by atoms with Crippen LogP contribution in [0.15, 0.2) is 6.07 Å². The molecule has 0 radical (unpaired) electrons. The third kappa shape index (κ3) is 2.51. The van der Waals surface area contributed by atoms with Gasteiger partial charge in [-0.2, -0.15) is 4.39 Å². The summed E-state index contributed by atoms with van der Waals surface area (Å²) in [5, 5.41) is 14.6. The van der Waals surface area contributed by atoms with Gasteiger partial charge in [0.2, 0.25) is 5.82 Å². The normalized spacial score (nSPS) is 22.5. The number of hydrogen-bond acceptors (Lipinski definition) is 3. The molecule has 1 aliphatic heterocycles. The van der Waals surface area contributed by atoms with Gasteiger partial charge in [-0.15, -0.1) is 0 Å². The quantitative estimate of drug-likeness (QED) is 0.709. The standard InChI is InChI=1S/C12H13F3N2O2/c1-5-3-16-4-8(5)17-12(19)6-2-7(13)10(15)11(18)9(6)14/h2,5,8,16,18H,3-4H2,1H3,(H,17,19). The number of benzene rings is 1. The van der Waals surface area contributed by atoms with E-state index in [1.165, 1.54) is 0 Å². The van der Waals surface area contributed by atoms with Crippen LogP contribution in [0.5, 0.6) is 5.75 Å². The number of carbonyl (C=O) groups excluding carboxylic acids is 1. The lowest BCUT2D eigenvalue weighted by atomic mass is 10.1. The highest BCUT2D eigenvalue weighted by Gasteiger charge is 2.28. The Labute approximate surface area is 107 Å². The summed E-state index contributed by atoms with van der Waals surface area (Å²) in [6, 6.07) is 0.217. The summed E-state index contributed by atoms with van der Waals surface area (Å²) in [6.07, 6.45) is 0. The Morgan fingerprint density at radius 3 is 2.63 bits per heavy atom. The Kier molecular flexibility index (Phi) is 3.66. The lowest BCUT2D eigenvalue weighted by molar-refractivity contribution is 0.0927. The monoisotopic (exact) mass is 274 g/mol. The first-order valence-electron chi connectivity index (χ1n) is 5.79. The van der Waals surface area contributed by atoms with E-state index in [2.05, 4.69) is 10.6 Å². The summed E-state index contributed by atoms with van der Waals surface area (Å²) in [5.41, 5.74) is -0.712. The van der Waals surface area contributed by atoms with Gasteiger partial charge >= 0.3 is 0 Å². The summed E-state index contributed by atoms with van der Waals surface area (Å²) >= 11 is 0. The first kappa shape index (κ1) is 13.7. The minimum atomic E-state index is -1.70. The number of nitrogens with one attached hydrogen (secondary N) is 2. The summed E-state index contributed by atoms with van der Waals surface area (Å²) in [7, 11) is 0. The first-order chi connectivity index (χ1) is 8.91. The van der Waals surface area contributed by atoms with E-state index in [0.29, 0.717) is 19.2 Å². The van der Waals surface area contributed by atoms with Gasteiger partial charge in [-0.1, -0.05) is 6.92 Å². The minimum absolute atomic E-state index is 0.144. The third-order valence-corrected chi connectivity index (χ3v) is 3.21. The van der Waals surface area contributed by atoms with E-state index < -0.39 is 34.7 Å². The fourth-order valence-corrected chi connectivity index (χ4v) is 2.01. The van der Waals surface area contributed by atoms with Crippen molar-refractivity contribution in [2.45, 2.75) is 13.0 Å². The molecule has 1 aromatic rings. The molecule has 0 aromatic heterocycles. The van der Waals surface area contributed by atoms with Crippen LogP contribution in [0.1, 0.15) is 17.3 Å². The summed E-state index contributed by atoms with van der Waals surface area (Å²) < 4.78 is 39.5. The second-order valence-corrected chi connectivity index (χ2v) is 4.60. The molecule has 1 amide bonds. The molecule has 0 saturated carbocycles. The van der Waals surface area contributed by atoms with Crippen LogP contribution in [-0.2, 0) is 0 Å². The Balaban J connectivity index is 2.24. The minimum Gasteiger partial charge on any atom is -0.503 e. The molecule has 0 aliphatic carbocycles. The maximum absolute atomic E-state index is 13.5. The Morgan fingerprint density at radius 2 is 2.05 bits per heavy atom. The van der Waals surface area contributed by atoms with Crippen molar-refractivity contribution >= 4 is 5.91 Å². The maximum atomic E-state index is 13.5. The van der Waals surface area contributed by atoms with E-state index >= 15 is 0 Å². The zero-order valence-corrected chi connectivity index (χ0v) is 10.1. The fourth-order valence-electron chi connectivity index (χ4n) is 2.01. The van der Waals surface area contributed by atoms with Crippen molar-refractivity contribution in [3.8, 4) is 5.75 Å². The van der Waals surface area contributed by atoms with Crippen LogP contribution in [0.2, 0.25) is 0 Å². The maximum Gasteiger partial charge on any atom is 0.254 e. The molecule has 1 aliphatic rings. The molecule has 1 aromatic carbocycles. The predicted octanol–water partition coefficient (Wildman–Crippen LogP) is 1.15. The number of hydrogen-bond donors (Lipinski definition) is 3. The highest BCUT2D eigenvalue weighted by atomic mass is 19.2. The molecular weight excluding hydrogens is 261 g/mol. The zero-order valence-electron chi connectivity index (χ0n) is 10.1. The van der Waals surface area contributed by atoms with Gasteiger partial charge < -0.3 is 15.7 Å². The molecule has 1 fully saturated rings. The molecule has 0 spiro atoms. The van der Waals surface area contributed by atoms with Crippen LogP contribution in [0.3, 0.4) is 0 Å². The Morgan fingerprint density at radius 1 is 1.37 bits per heavy atom. The number of carbonyl (C=O) groups is 1. The van der Waals surface area contributed by atoms with Gasteiger partial charge in [0.1, 0.15) is 0 Å². The van der Waals surface area contributed by atoms with E-state index in [0.717, 1.165) is 0 Å². The predicted molar refractivity (Wildman–Crippen MR) is 61.3 cm³/mol.